The fourth-order valence-corrected chi connectivity index (χ4v) is 2.39. The molecule has 0 saturated heterocycles. The molecule has 3 N–H and O–H groups in total. The first kappa shape index (κ1) is 20.3. The molecular formula is C21H27N3O3. The van der Waals surface area contributed by atoms with Crippen LogP contribution in [-0.4, -0.2) is 31.0 Å². The van der Waals surface area contributed by atoms with E-state index in [0.717, 1.165) is 12.2 Å². The van der Waals surface area contributed by atoms with Gasteiger partial charge in [-0.3, -0.25) is 9.59 Å². The molecule has 27 heavy (non-hydrogen) atoms. The van der Waals surface area contributed by atoms with Crippen LogP contribution in [-0.2, 0) is 4.79 Å². The van der Waals surface area contributed by atoms with E-state index in [1.807, 2.05) is 45.0 Å². The monoisotopic (exact) mass is 369 g/mol. The van der Waals surface area contributed by atoms with Crippen LogP contribution in [0.2, 0.25) is 0 Å². The molecule has 2 amide bonds. The summed E-state index contributed by atoms with van der Waals surface area (Å²) in [5, 5.41) is 8.72. The molecule has 0 aliphatic rings. The highest BCUT2D eigenvalue weighted by Crippen LogP contribution is 2.17. The van der Waals surface area contributed by atoms with E-state index < -0.39 is 0 Å². The Kier molecular flexibility index (Phi) is 7.67. The van der Waals surface area contributed by atoms with Crippen LogP contribution in [0.15, 0.2) is 48.5 Å². The smallest absolute Gasteiger partial charge is 0.251 e. The fourth-order valence-electron chi connectivity index (χ4n) is 2.39. The Bertz CT molecular complexity index is 775. The second-order valence-corrected chi connectivity index (χ2v) is 6.49. The molecule has 0 aliphatic heterocycles. The van der Waals surface area contributed by atoms with Crippen molar-refractivity contribution in [3.8, 4) is 5.75 Å². The number of hydrogen-bond acceptors (Lipinski definition) is 4. The van der Waals surface area contributed by atoms with Crippen LogP contribution >= 0.6 is 0 Å². The molecule has 144 valence electrons. The van der Waals surface area contributed by atoms with Crippen LogP contribution in [0.1, 0.15) is 37.6 Å². The summed E-state index contributed by atoms with van der Waals surface area (Å²) in [6.45, 7) is 6.59. The van der Waals surface area contributed by atoms with Crippen LogP contribution in [0, 0.1) is 0 Å². The first-order valence-electron chi connectivity index (χ1n) is 9.15. The summed E-state index contributed by atoms with van der Waals surface area (Å²) in [5.74, 6) is 0.410. The van der Waals surface area contributed by atoms with Gasteiger partial charge in [0, 0.05) is 29.0 Å². The van der Waals surface area contributed by atoms with Crippen molar-refractivity contribution in [2.45, 2.75) is 33.2 Å². The normalized spacial score (nSPS) is 10.4. The Morgan fingerprint density at radius 2 is 1.78 bits per heavy atom. The summed E-state index contributed by atoms with van der Waals surface area (Å²) in [7, 11) is 0. The zero-order chi connectivity index (χ0) is 19.6. The van der Waals surface area contributed by atoms with Gasteiger partial charge in [0.2, 0.25) is 5.91 Å². The summed E-state index contributed by atoms with van der Waals surface area (Å²) in [6, 6.07) is 14.4. The van der Waals surface area contributed by atoms with Crippen molar-refractivity contribution < 1.29 is 14.3 Å². The second-order valence-electron chi connectivity index (χ2n) is 6.49. The quantitative estimate of drug-likeness (QED) is 0.630. The van der Waals surface area contributed by atoms with Gasteiger partial charge in [-0.15, -0.1) is 0 Å². The van der Waals surface area contributed by atoms with E-state index in [0.29, 0.717) is 23.5 Å². The molecule has 0 spiro atoms. The summed E-state index contributed by atoms with van der Waals surface area (Å²) in [6.07, 6.45) is 0.925. The zero-order valence-electron chi connectivity index (χ0n) is 16.0. The highest BCUT2D eigenvalue weighted by molar-refractivity contribution is 5.96. The molecule has 6 nitrogen and oxygen atoms in total. The molecule has 6 heteroatoms. The van der Waals surface area contributed by atoms with E-state index in [4.69, 9.17) is 4.74 Å². The van der Waals surface area contributed by atoms with Crippen molar-refractivity contribution in [2.75, 3.05) is 23.8 Å². The van der Waals surface area contributed by atoms with Gasteiger partial charge in [-0.05, 0) is 50.6 Å². The number of carbonyl (C=O) groups excluding carboxylic acids is 2. The van der Waals surface area contributed by atoms with Crippen molar-refractivity contribution >= 4 is 23.2 Å². The van der Waals surface area contributed by atoms with Gasteiger partial charge in [0.25, 0.3) is 5.91 Å². The molecule has 2 aromatic carbocycles. The van der Waals surface area contributed by atoms with E-state index in [-0.39, 0.29) is 24.4 Å². The average Bonchev–Trinajstić information content (AvgIpc) is 2.65. The van der Waals surface area contributed by atoms with Crippen LogP contribution in [0.25, 0.3) is 0 Å². The predicted molar refractivity (Wildman–Crippen MR) is 108 cm³/mol. The minimum absolute atomic E-state index is 0.0666. The molecule has 0 aliphatic carbocycles. The van der Waals surface area contributed by atoms with Gasteiger partial charge in [0.15, 0.2) is 0 Å². The van der Waals surface area contributed by atoms with Crippen LogP contribution in [0.5, 0.6) is 5.75 Å². The molecule has 0 atom stereocenters. The van der Waals surface area contributed by atoms with E-state index >= 15 is 0 Å². The third-order valence-corrected chi connectivity index (χ3v) is 3.59. The Balaban J connectivity index is 1.89. The van der Waals surface area contributed by atoms with Crippen molar-refractivity contribution in [3.63, 3.8) is 0 Å². The van der Waals surface area contributed by atoms with Crippen molar-refractivity contribution in [1.29, 1.82) is 0 Å². The molecule has 0 aromatic heterocycles. The number of nitrogens with one attached hydrogen (secondary N) is 3. The number of anilines is 2. The third-order valence-electron chi connectivity index (χ3n) is 3.59. The summed E-state index contributed by atoms with van der Waals surface area (Å²) < 4.78 is 5.56. The number of rotatable bonds is 9. The largest absolute Gasteiger partial charge is 0.494 e. The highest BCUT2D eigenvalue weighted by Gasteiger charge is 2.08. The first-order chi connectivity index (χ1) is 13.0. The molecule has 0 fully saturated rings. The maximum atomic E-state index is 12.2. The zero-order valence-corrected chi connectivity index (χ0v) is 16.0. The second kappa shape index (κ2) is 10.2. The van der Waals surface area contributed by atoms with Gasteiger partial charge in [0.1, 0.15) is 5.75 Å². The molecule has 0 radical (unpaired) electrons. The third kappa shape index (κ3) is 7.01. The SMILES string of the molecule is CCCOc1cccc(NC(=O)CNc2cccc(C(=O)NC(C)C)c2)c1. The number of amides is 2. The lowest BCUT2D eigenvalue weighted by Gasteiger charge is -2.11. The van der Waals surface area contributed by atoms with Gasteiger partial charge in [-0.1, -0.05) is 19.1 Å². The Labute approximate surface area is 160 Å². The van der Waals surface area contributed by atoms with Crippen LogP contribution < -0.4 is 20.7 Å². The maximum absolute atomic E-state index is 12.2. The molecule has 2 rings (SSSR count). The number of hydrogen-bond donors (Lipinski definition) is 3. The van der Waals surface area contributed by atoms with Gasteiger partial charge >= 0.3 is 0 Å². The summed E-state index contributed by atoms with van der Waals surface area (Å²) in [5.41, 5.74) is 1.94. The fraction of sp³-hybridized carbons (Fsp3) is 0.333. The van der Waals surface area contributed by atoms with Gasteiger partial charge < -0.3 is 20.7 Å². The van der Waals surface area contributed by atoms with Gasteiger partial charge in [-0.25, -0.2) is 0 Å². The molecule has 0 saturated carbocycles. The number of benzene rings is 2. The summed E-state index contributed by atoms with van der Waals surface area (Å²) >= 11 is 0. The molecule has 0 unspecified atom stereocenters. The Morgan fingerprint density at radius 1 is 1.04 bits per heavy atom. The standard InChI is InChI=1S/C21H27N3O3/c1-4-11-27-19-10-6-9-18(13-19)24-20(25)14-22-17-8-5-7-16(12-17)21(26)23-15(2)3/h5-10,12-13,15,22H,4,11,14H2,1-3H3,(H,23,26)(H,24,25). The predicted octanol–water partition coefficient (Wildman–Crippen LogP) is 3.66. The number of carbonyl (C=O) groups is 2. The summed E-state index contributed by atoms with van der Waals surface area (Å²) in [4.78, 5) is 24.2. The molecule has 0 bridgehead atoms. The molecule has 0 heterocycles. The van der Waals surface area contributed by atoms with Crippen molar-refractivity contribution in [3.05, 3.63) is 54.1 Å². The van der Waals surface area contributed by atoms with Crippen LogP contribution in [0.4, 0.5) is 11.4 Å². The van der Waals surface area contributed by atoms with E-state index in [1.165, 1.54) is 0 Å². The van der Waals surface area contributed by atoms with E-state index in [1.54, 1.807) is 24.3 Å². The average molecular weight is 369 g/mol. The topological polar surface area (TPSA) is 79.5 Å². The maximum Gasteiger partial charge on any atom is 0.251 e. The first-order valence-corrected chi connectivity index (χ1v) is 9.15. The van der Waals surface area contributed by atoms with E-state index in [2.05, 4.69) is 16.0 Å². The highest BCUT2D eigenvalue weighted by atomic mass is 16.5. The minimum atomic E-state index is -0.181. The Hall–Kier alpha value is -3.02. The lowest BCUT2D eigenvalue weighted by Crippen LogP contribution is -2.30. The lowest BCUT2D eigenvalue weighted by atomic mass is 10.1. The van der Waals surface area contributed by atoms with Gasteiger partial charge in [-0.2, -0.15) is 0 Å². The molecule has 2 aromatic rings. The lowest BCUT2D eigenvalue weighted by molar-refractivity contribution is -0.114. The van der Waals surface area contributed by atoms with E-state index in [9.17, 15) is 9.59 Å². The minimum Gasteiger partial charge on any atom is -0.494 e. The van der Waals surface area contributed by atoms with Crippen molar-refractivity contribution in [2.24, 2.45) is 0 Å². The number of ether oxygens (including phenoxy) is 1. The van der Waals surface area contributed by atoms with Crippen LogP contribution in [0.3, 0.4) is 0 Å². The van der Waals surface area contributed by atoms with Gasteiger partial charge in [0.05, 0.1) is 13.2 Å². The molecular weight excluding hydrogens is 342 g/mol. The Morgan fingerprint density at radius 3 is 2.52 bits per heavy atom. The van der Waals surface area contributed by atoms with Crippen molar-refractivity contribution in [1.82, 2.24) is 5.32 Å².